The third kappa shape index (κ3) is 3.63. The lowest BCUT2D eigenvalue weighted by molar-refractivity contribution is 0.313. The Balaban J connectivity index is 2.10. The van der Waals surface area contributed by atoms with Crippen LogP contribution in [-0.2, 0) is 6.42 Å². The van der Waals surface area contributed by atoms with Gasteiger partial charge in [0.2, 0.25) is 0 Å². The number of anilines is 1. The van der Waals surface area contributed by atoms with Crippen molar-refractivity contribution in [3.05, 3.63) is 17.8 Å². The molecule has 0 aliphatic carbocycles. The first kappa shape index (κ1) is 14.7. The van der Waals surface area contributed by atoms with Gasteiger partial charge in [0.15, 0.2) is 11.6 Å². The van der Waals surface area contributed by atoms with Gasteiger partial charge in [0, 0.05) is 31.5 Å². The molecule has 0 aromatic carbocycles. The molecule has 1 aromatic rings. The van der Waals surface area contributed by atoms with Crippen molar-refractivity contribution in [2.45, 2.75) is 19.8 Å². The lowest BCUT2D eigenvalue weighted by Crippen LogP contribution is -2.32. The van der Waals surface area contributed by atoms with Crippen LogP contribution in [0.15, 0.2) is 6.33 Å². The third-order valence-corrected chi connectivity index (χ3v) is 3.82. The summed E-state index contributed by atoms with van der Waals surface area (Å²) < 4.78 is 14.2. The fourth-order valence-electron chi connectivity index (χ4n) is 2.39. The predicted octanol–water partition coefficient (Wildman–Crippen LogP) is 2.09. The van der Waals surface area contributed by atoms with Crippen molar-refractivity contribution in [3.8, 4) is 0 Å². The van der Waals surface area contributed by atoms with Crippen molar-refractivity contribution < 1.29 is 4.39 Å². The molecule has 0 unspecified atom stereocenters. The van der Waals surface area contributed by atoms with Gasteiger partial charge < -0.3 is 9.80 Å². The second-order valence-electron chi connectivity index (χ2n) is 4.68. The van der Waals surface area contributed by atoms with Gasteiger partial charge in [0.1, 0.15) is 6.33 Å². The summed E-state index contributed by atoms with van der Waals surface area (Å²) in [5, 5.41) is 0.981. The highest BCUT2D eigenvalue weighted by Crippen LogP contribution is 2.19. The summed E-state index contributed by atoms with van der Waals surface area (Å²) >= 11 is 3.47. The van der Waals surface area contributed by atoms with Gasteiger partial charge in [-0.2, -0.15) is 0 Å². The van der Waals surface area contributed by atoms with E-state index in [0.29, 0.717) is 17.9 Å². The topological polar surface area (TPSA) is 32.3 Å². The summed E-state index contributed by atoms with van der Waals surface area (Å²) in [4.78, 5) is 12.6. The Bertz CT molecular complexity index is 416. The standard InChI is InChI=1S/C13H20BrFN4/c1-2-11-12(15)13(17-10-16-11)19-6-3-5-18(7-4-14)8-9-19/h10H,2-9H2,1H3. The fraction of sp³-hybridized carbons (Fsp3) is 0.692. The van der Waals surface area contributed by atoms with E-state index in [1.165, 1.54) is 6.33 Å². The lowest BCUT2D eigenvalue weighted by Gasteiger charge is -2.23. The van der Waals surface area contributed by atoms with Crippen LogP contribution in [0.2, 0.25) is 0 Å². The van der Waals surface area contributed by atoms with E-state index in [1.54, 1.807) is 0 Å². The Kier molecular flexibility index (Phi) is 5.51. The van der Waals surface area contributed by atoms with E-state index in [1.807, 2.05) is 11.8 Å². The molecule has 0 N–H and O–H groups in total. The predicted molar refractivity (Wildman–Crippen MR) is 78.4 cm³/mol. The lowest BCUT2D eigenvalue weighted by atomic mass is 10.3. The summed E-state index contributed by atoms with van der Waals surface area (Å²) in [6.07, 6.45) is 3.11. The zero-order chi connectivity index (χ0) is 13.7. The maximum Gasteiger partial charge on any atom is 0.187 e. The molecular formula is C13H20BrFN4. The molecule has 6 heteroatoms. The van der Waals surface area contributed by atoms with Crippen molar-refractivity contribution in [2.24, 2.45) is 0 Å². The minimum atomic E-state index is -0.251. The Hall–Kier alpha value is -0.750. The quantitative estimate of drug-likeness (QED) is 0.791. The van der Waals surface area contributed by atoms with E-state index in [2.05, 4.69) is 30.8 Å². The second-order valence-corrected chi connectivity index (χ2v) is 5.48. The Morgan fingerprint density at radius 3 is 2.84 bits per heavy atom. The number of hydrogen-bond donors (Lipinski definition) is 0. The monoisotopic (exact) mass is 330 g/mol. The molecule has 106 valence electrons. The van der Waals surface area contributed by atoms with Gasteiger partial charge in [-0.25, -0.2) is 14.4 Å². The second kappa shape index (κ2) is 7.14. The van der Waals surface area contributed by atoms with Crippen LogP contribution < -0.4 is 4.90 Å². The maximum absolute atomic E-state index is 14.2. The molecule has 0 amide bonds. The molecule has 1 fully saturated rings. The molecule has 0 saturated carbocycles. The van der Waals surface area contributed by atoms with Gasteiger partial charge in [0.05, 0.1) is 5.69 Å². The van der Waals surface area contributed by atoms with Crippen molar-refractivity contribution in [1.82, 2.24) is 14.9 Å². The molecule has 0 spiro atoms. The van der Waals surface area contributed by atoms with Gasteiger partial charge in [-0.1, -0.05) is 22.9 Å². The van der Waals surface area contributed by atoms with Gasteiger partial charge in [-0.3, -0.25) is 0 Å². The van der Waals surface area contributed by atoms with Crippen molar-refractivity contribution in [2.75, 3.05) is 43.0 Å². The minimum absolute atomic E-state index is 0.251. The molecular weight excluding hydrogens is 311 g/mol. The highest BCUT2D eigenvalue weighted by molar-refractivity contribution is 9.09. The Morgan fingerprint density at radius 2 is 2.11 bits per heavy atom. The molecule has 0 radical (unpaired) electrons. The largest absolute Gasteiger partial charge is 0.353 e. The van der Waals surface area contributed by atoms with E-state index < -0.39 is 0 Å². The van der Waals surface area contributed by atoms with Crippen LogP contribution in [-0.4, -0.2) is 52.9 Å². The van der Waals surface area contributed by atoms with E-state index >= 15 is 0 Å². The van der Waals surface area contributed by atoms with Crippen molar-refractivity contribution in [1.29, 1.82) is 0 Å². The maximum atomic E-state index is 14.2. The molecule has 19 heavy (non-hydrogen) atoms. The van der Waals surface area contributed by atoms with Gasteiger partial charge >= 0.3 is 0 Å². The number of alkyl halides is 1. The normalized spacial score (nSPS) is 17.5. The van der Waals surface area contributed by atoms with Crippen LogP contribution in [0.1, 0.15) is 19.0 Å². The number of aryl methyl sites for hydroxylation is 1. The van der Waals surface area contributed by atoms with Crippen molar-refractivity contribution >= 4 is 21.7 Å². The molecule has 2 heterocycles. The highest BCUT2D eigenvalue weighted by atomic mass is 79.9. The Labute approximate surface area is 122 Å². The molecule has 4 nitrogen and oxygen atoms in total. The van der Waals surface area contributed by atoms with Gasteiger partial charge in [-0.05, 0) is 19.4 Å². The molecule has 1 aliphatic heterocycles. The Morgan fingerprint density at radius 1 is 1.26 bits per heavy atom. The van der Waals surface area contributed by atoms with Crippen LogP contribution in [0.25, 0.3) is 0 Å². The number of halogens is 2. The summed E-state index contributed by atoms with van der Waals surface area (Å²) in [7, 11) is 0. The van der Waals surface area contributed by atoms with E-state index in [4.69, 9.17) is 0 Å². The van der Waals surface area contributed by atoms with Crippen LogP contribution >= 0.6 is 15.9 Å². The van der Waals surface area contributed by atoms with E-state index in [-0.39, 0.29) is 5.82 Å². The molecule has 0 bridgehead atoms. The molecule has 1 aromatic heterocycles. The van der Waals surface area contributed by atoms with E-state index in [0.717, 1.165) is 44.5 Å². The third-order valence-electron chi connectivity index (χ3n) is 3.47. The minimum Gasteiger partial charge on any atom is -0.353 e. The number of hydrogen-bond acceptors (Lipinski definition) is 4. The van der Waals surface area contributed by atoms with Gasteiger partial charge in [-0.15, -0.1) is 0 Å². The first-order chi connectivity index (χ1) is 9.26. The summed E-state index contributed by atoms with van der Waals surface area (Å²) in [6.45, 7) is 6.65. The van der Waals surface area contributed by atoms with E-state index in [9.17, 15) is 4.39 Å². The fourth-order valence-corrected chi connectivity index (χ4v) is 2.89. The van der Waals surface area contributed by atoms with Gasteiger partial charge in [0.25, 0.3) is 0 Å². The van der Waals surface area contributed by atoms with Crippen molar-refractivity contribution in [3.63, 3.8) is 0 Å². The smallest absolute Gasteiger partial charge is 0.187 e. The molecule has 1 saturated heterocycles. The average molecular weight is 331 g/mol. The van der Waals surface area contributed by atoms with Crippen LogP contribution in [0, 0.1) is 5.82 Å². The number of aromatic nitrogens is 2. The highest BCUT2D eigenvalue weighted by Gasteiger charge is 2.20. The summed E-state index contributed by atoms with van der Waals surface area (Å²) in [6, 6.07) is 0. The summed E-state index contributed by atoms with van der Waals surface area (Å²) in [5.41, 5.74) is 0.506. The van der Waals surface area contributed by atoms with Crippen LogP contribution in [0.5, 0.6) is 0 Å². The first-order valence-corrected chi connectivity index (χ1v) is 7.91. The van der Waals surface area contributed by atoms with Crippen LogP contribution in [0.3, 0.4) is 0 Å². The first-order valence-electron chi connectivity index (χ1n) is 6.79. The molecule has 2 rings (SSSR count). The SMILES string of the molecule is CCc1ncnc(N2CCCN(CCBr)CC2)c1F. The molecule has 1 aliphatic rings. The molecule has 0 atom stereocenters. The average Bonchev–Trinajstić information content (AvgIpc) is 2.65. The summed E-state index contributed by atoms with van der Waals surface area (Å²) in [5.74, 6) is 0.214. The zero-order valence-electron chi connectivity index (χ0n) is 11.3. The number of rotatable bonds is 4. The van der Waals surface area contributed by atoms with Crippen LogP contribution in [0.4, 0.5) is 10.2 Å². The number of nitrogens with zero attached hydrogens (tertiary/aromatic N) is 4. The zero-order valence-corrected chi connectivity index (χ0v) is 12.9.